The predicted molar refractivity (Wildman–Crippen MR) is 67.1 cm³/mol. The highest BCUT2D eigenvalue weighted by Gasteiger charge is 2.28. The van der Waals surface area contributed by atoms with Crippen molar-refractivity contribution in [3.05, 3.63) is 17.0 Å². The minimum atomic E-state index is -0.0360. The fourth-order valence-electron chi connectivity index (χ4n) is 2.16. The van der Waals surface area contributed by atoms with Gasteiger partial charge >= 0.3 is 0 Å². The summed E-state index contributed by atoms with van der Waals surface area (Å²) in [5, 5.41) is 14.2. The maximum Gasteiger partial charge on any atom is 0.283 e. The van der Waals surface area contributed by atoms with Gasteiger partial charge in [-0.2, -0.15) is 5.26 Å². The molecule has 2 heterocycles. The lowest BCUT2D eigenvalue weighted by molar-refractivity contribution is -0.901. The molecule has 1 aliphatic heterocycles. The van der Waals surface area contributed by atoms with Crippen molar-refractivity contribution in [2.45, 2.75) is 25.8 Å². The molecule has 1 aromatic rings. The van der Waals surface area contributed by atoms with Crippen LogP contribution in [0.15, 0.2) is 11.4 Å². The van der Waals surface area contributed by atoms with E-state index in [1.807, 2.05) is 12.3 Å². The van der Waals surface area contributed by atoms with E-state index in [1.54, 1.807) is 6.07 Å². The van der Waals surface area contributed by atoms with Crippen LogP contribution in [0.1, 0.15) is 25.3 Å². The number of amides is 1. The number of hydrogen-bond acceptors (Lipinski definition) is 3. The van der Waals surface area contributed by atoms with E-state index in [4.69, 9.17) is 5.26 Å². The van der Waals surface area contributed by atoms with E-state index in [9.17, 15) is 4.79 Å². The molecular formula is C12H16N3OS+. The summed E-state index contributed by atoms with van der Waals surface area (Å²) in [6, 6.07) is 3.77. The quantitative estimate of drug-likeness (QED) is 0.826. The molecule has 0 bridgehead atoms. The highest BCUT2D eigenvalue weighted by molar-refractivity contribution is 7.14. The van der Waals surface area contributed by atoms with Crippen LogP contribution in [-0.4, -0.2) is 25.0 Å². The SMILES string of the molecule is C[C@@H](C(=O)Nc1sccc1C#N)[NH+]1CCCC1. The second-order valence-electron chi connectivity index (χ2n) is 4.35. The third-order valence-corrected chi connectivity index (χ3v) is 4.10. The molecule has 1 saturated heterocycles. The number of likely N-dealkylation sites (tertiary alicyclic amines) is 1. The molecule has 0 aromatic carbocycles. The van der Waals surface area contributed by atoms with Crippen LogP contribution in [0.5, 0.6) is 0 Å². The standard InChI is InChI=1S/C12H15N3OS/c1-9(15-5-2-3-6-15)11(16)14-12-10(8-13)4-7-17-12/h4,7,9H,2-3,5-6H2,1H3,(H,14,16)/p+1/t9-/m0/s1. The van der Waals surface area contributed by atoms with E-state index >= 15 is 0 Å². The molecule has 2 N–H and O–H groups in total. The Bertz CT molecular complexity index is 443. The van der Waals surface area contributed by atoms with Gasteiger partial charge in [0.1, 0.15) is 11.1 Å². The second kappa shape index (κ2) is 5.30. The molecular weight excluding hydrogens is 234 g/mol. The van der Waals surface area contributed by atoms with E-state index in [0.717, 1.165) is 13.1 Å². The summed E-state index contributed by atoms with van der Waals surface area (Å²) in [7, 11) is 0. The van der Waals surface area contributed by atoms with Crippen LogP contribution in [-0.2, 0) is 4.79 Å². The molecule has 1 amide bonds. The zero-order valence-electron chi connectivity index (χ0n) is 9.82. The van der Waals surface area contributed by atoms with Crippen LogP contribution in [0.4, 0.5) is 5.00 Å². The zero-order chi connectivity index (χ0) is 12.3. The first-order valence-corrected chi connectivity index (χ1v) is 6.73. The van der Waals surface area contributed by atoms with Gasteiger partial charge in [0.15, 0.2) is 6.04 Å². The summed E-state index contributed by atoms with van der Waals surface area (Å²) >= 11 is 1.40. The van der Waals surface area contributed by atoms with E-state index in [1.165, 1.54) is 29.1 Å². The summed E-state index contributed by atoms with van der Waals surface area (Å²) in [6.07, 6.45) is 2.41. The van der Waals surface area contributed by atoms with Gasteiger partial charge in [-0.3, -0.25) is 4.79 Å². The van der Waals surface area contributed by atoms with Gasteiger partial charge in [0.05, 0.1) is 18.7 Å². The molecule has 0 spiro atoms. The number of thiophene rings is 1. The first-order chi connectivity index (χ1) is 8.22. The van der Waals surface area contributed by atoms with Crippen molar-refractivity contribution in [3.8, 4) is 6.07 Å². The average molecular weight is 250 g/mol. The van der Waals surface area contributed by atoms with Crippen LogP contribution < -0.4 is 10.2 Å². The highest BCUT2D eigenvalue weighted by atomic mass is 32.1. The van der Waals surface area contributed by atoms with Crippen LogP contribution >= 0.6 is 11.3 Å². The van der Waals surface area contributed by atoms with Gasteiger partial charge in [0.2, 0.25) is 0 Å². The van der Waals surface area contributed by atoms with Crippen molar-refractivity contribution >= 4 is 22.2 Å². The summed E-state index contributed by atoms with van der Waals surface area (Å²) in [4.78, 5) is 13.4. The number of nitrogens with one attached hydrogen (secondary N) is 2. The molecule has 1 aliphatic rings. The minimum Gasteiger partial charge on any atom is -0.325 e. The Morgan fingerprint density at radius 3 is 2.94 bits per heavy atom. The normalized spacial score (nSPS) is 17.6. The molecule has 1 atom stereocenters. The average Bonchev–Trinajstić information content (AvgIpc) is 2.98. The lowest BCUT2D eigenvalue weighted by Crippen LogP contribution is -3.14. The van der Waals surface area contributed by atoms with Crippen molar-refractivity contribution in [2.75, 3.05) is 18.4 Å². The molecule has 1 fully saturated rings. The van der Waals surface area contributed by atoms with Gasteiger partial charge in [0, 0.05) is 12.8 Å². The molecule has 4 nitrogen and oxygen atoms in total. The van der Waals surface area contributed by atoms with Gasteiger partial charge in [-0.1, -0.05) is 0 Å². The smallest absolute Gasteiger partial charge is 0.283 e. The van der Waals surface area contributed by atoms with Crippen LogP contribution in [0, 0.1) is 11.3 Å². The molecule has 0 unspecified atom stereocenters. The summed E-state index contributed by atoms with van der Waals surface area (Å²) in [5.74, 6) is 0.0147. The van der Waals surface area contributed by atoms with E-state index < -0.39 is 0 Å². The number of nitriles is 1. The fraction of sp³-hybridized carbons (Fsp3) is 0.500. The largest absolute Gasteiger partial charge is 0.325 e. The first-order valence-electron chi connectivity index (χ1n) is 5.85. The molecule has 5 heteroatoms. The number of carbonyl (C=O) groups excluding carboxylic acids is 1. The lowest BCUT2D eigenvalue weighted by atomic mass is 10.2. The Balaban J connectivity index is 1.99. The number of rotatable bonds is 3. The monoisotopic (exact) mass is 250 g/mol. The van der Waals surface area contributed by atoms with Crippen molar-refractivity contribution in [1.29, 1.82) is 5.26 Å². The first kappa shape index (κ1) is 12.1. The molecule has 0 aliphatic carbocycles. The highest BCUT2D eigenvalue weighted by Crippen LogP contribution is 2.21. The van der Waals surface area contributed by atoms with E-state index in [0.29, 0.717) is 10.6 Å². The molecule has 2 rings (SSSR count). The number of anilines is 1. The molecule has 0 radical (unpaired) electrons. The lowest BCUT2D eigenvalue weighted by Gasteiger charge is -2.19. The summed E-state index contributed by atoms with van der Waals surface area (Å²) < 4.78 is 0. The van der Waals surface area contributed by atoms with Crippen LogP contribution in [0.2, 0.25) is 0 Å². The van der Waals surface area contributed by atoms with Gasteiger partial charge in [-0.05, 0) is 18.4 Å². The Hall–Kier alpha value is -1.38. The van der Waals surface area contributed by atoms with Gasteiger partial charge in [0.25, 0.3) is 5.91 Å². The zero-order valence-corrected chi connectivity index (χ0v) is 10.6. The van der Waals surface area contributed by atoms with Gasteiger partial charge < -0.3 is 10.2 Å². The molecule has 1 aromatic heterocycles. The molecule has 17 heavy (non-hydrogen) atoms. The van der Waals surface area contributed by atoms with Crippen molar-refractivity contribution < 1.29 is 9.69 Å². The number of nitrogens with zero attached hydrogens (tertiary/aromatic N) is 1. The summed E-state index contributed by atoms with van der Waals surface area (Å²) in [6.45, 7) is 4.10. The van der Waals surface area contributed by atoms with Crippen molar-refractivity contribution in [1.82, 2.24) is 0 Å². The third kappa shape index (κ3) is 2.65. The van der Waals surface area contributed by atoms with Crippen LogP contribution in [0.25, 0.3) is 0 Å². The maximum atomic E-state index is 12.0. The number of quaternary nitrogens is 1. The topological polar surface area (TPSA) is 57.3 Å². The second-order valence-corrected chi connectivity index (χ2v) is 5.27. The number of hydrogen-bond donors (Lipinski definition) is 2. The van der Waals surface area contributed by atoms with Gasteiger partial charge in [-0.15, -0.1) is 11.3 Å². The minimum absolute atomic E-state index is 0.0147. The van der Waals surface area contributed by atoms with Crippen LogP contribution in [0.3, 0.4) is 0 Å². The van der Waals surface area contributed by atoms with Gasteiger partial charge in [-0.25, -0.2) is 0 Å². The Labute approximate surface area is 105 Å². The van der Waals surface area contributed by atoms with E-state index in [-0.39, 0.29) is 11.9 Å². The third-order valence-electron chi connectivity index (χ3n) is 3.27. The maximum absolute atomic E-state index is 12.0. The summed E-state index contributed by atoms with van der Waals surface area (Å²) in [5.41, 5.74) is 0.548. The fourth-order valence-corrected chi connectivity index (χ4v) is 2.90. The Kier molecular flexibility index (Phi) is 3.77. The predicted octanol–water partition coefficient (Wildman–Crippen LogP) is 0.625. The van der Waals surface area contributed by atoms with E-state index in [2.05, 4.69) is 11.4 Å². The number of carbonyl (C=O) groups is 1. The Morgan fingerprint density at radius 2 is 2.29 bits per heavy atom. The van der Waals surface area contributed by atoms with Crippen molar-refractivity contribution in [2.24, 2.45) is 0 Å². The van der Waals surface area contributed by atoms with Crippen molar-refractivity contribution in [3.63, 3.8) is 0 Å². The molecule has 0 saturated carbocycles. The molecule has 90 valence electrons. The Morgan fingerprint density at radius 1 is 1.59 bits per heavy atom.